The van der Waals surface area contributed by atoms with Crippen molar-refractivity contribution in [2.24, 2.45) is 0 Å². The van der Waals surface area contributed by atoms with Crippen molar-refractivity contribution < 1.29 is 0 Å². The zero-order valence-corrected chi connectivity index (χ0v) is 18.8. The van der Waals surface area contributed by atoms with Crippen LogP contribution in [-0.2, 0) is 6.54 Å². The Bertz CT molecular complexity index is 984. The number of hydrogen-bond donors (Lipinski definition) is 0. The van der Waals surface area contributed by atoms with Crippen LogP contribution in [0.5, 0.6) is 0 Å². The normalized spacial score (nSPS) is 14.0. The van der Waals surface area contributed by atoms with Crippen LogP contribution in [-0.4, -0.2) is 21.0 Å². The first kappa shape index (κ1) is 20.6. The van der Waals surface area contributed by atoms with Crippen molar-refractivity contribution in [2.75, 3.05) is 4.90 Å². The van der Waals surface area contributed by atoms with Crippen molar-refractivity contribution in [3.05, 3.63) is 54.1 Å². The summed E-state index contributed by atoms with van der Waals surface area (Å²) in [6.07, 6.45) is 5.67. The number of hydrogen-bond acceptors (Lipinski definition) is 3. The number of nitrogens with zero attached hydrogens (tertiary/aromatic N) is 4. The van der Waals surface area contributed by atoms with Crippen molar-refractivity contribution >= 4 is 5.69 Å². The van der Waals surface area contributed by atoms with E-state index in [1.165, 1.54) is 28.1 Å². The van der Waals surface area contributed by atoms with Gasteiger partial charge in [0.1, 0.15) is 5.69 Å². The molecule has 0 amide bonds. The average Bonchev–Trinajstić information content (AvgIpc) is 3.20. The van der Waals surface area contributed by atoms with Gasteiger partial charge in [0.15, 0.2) is 0 Å². The van der Waals surface area contributed by atoms with Crippen LogP contribution in [0.15, 0.2) is 48.5 Å². The maximum absolute atomic E-state index is 4.79. The second-order valence-electron chi connectivity index (χ2n) is 8.52. The fourth-order valence-electron chi connectivity index (χ4n) is 4.73. The first-order valence-electron chi connectivity index (χ1n) is 11.6. The van der Waals surface area contributed by atoms with Gasteiger partial charge in [0.2, 0.25) is 0 Å². The van der Waals surface area contributed by atoms with Crippen LogP contribution in [0.1, 0.15) is 71.4 Å². The Morgan fingerprint density at radius 3 is 2.27 bits per heavy atom. The van der Waals surface area contributed by atoms with E-state index >= 15 is 0 Å². The van der Waals surface area contributed by atoms with Gasteiger partial charge in [-0.2, -0.15) is 0 Å². The van der Waals surface area contributed by atoms with Crippen molar-refractivity contribution in [3.63, 3.8) is 0 Å². The molecule has 4 rings (SSSR count). The van der Waals surface area contributed by atoms with Crippen LogP contribution in [0, 0.1) is 0 Å². The Kier molecular flexibility index (Phi) is 6.21. The molecule has 1 aliphatic heterocycles. The average molecular weight is 403 g/mol. The second kappa shape index (κ2) is 9.03. The highest BCUT2D eigenvalue weighted by atomic mass is 15.4. The molecule has 0 aliphatic carbocycles. The highest BCUT2D eigenvalue weighted by Gasteiger charge is 2.29. The third kappa shape index (κ3) is 3.64. The molecule has 4 heteroatoms. The molecule has 1 aromatic heterocycles. The van der Waals surface area contributed by atoms with Gasteiger partial charge < -0.3 is 4.90 Å². The minimum atomic E-state index is 0.390. The van der Waals surface area contributed by atoms with Crippen LogP contribution >= 0.6 is 0 Å². The molecule has 2 heterocycles. The van der Waals surface area contributed by atoms with E-state index in [0.29, 0.717) is 12.1 Å². The number of anilines is 1. The second-order valence-corrected chi connectivity index (χ2v) is 8.52. The summed E-state index contributed by atoms with van der Waals surface area (Å²) in [6, 6.07) is 18.4. The fraction of sp³-hybridized carbons (Fsp3) is 0.462. The van der Waals surface area contributed by atoms with Crippen molar-refractivity contribution in [1.82, 2.24) is 15.0 Å². The fourth-order valence-corrected chi connectivity index (χ4v) is 4.73. The molecule has 0 fully saturated rings. The van der Waals surface area contributed by atoms with E-state index in [0.717, 1.165) is 44.3 Å². The molecule has 0 bridgehead atoms. The highest BCUT2D eigenvalue weighted by Crippen LogP contribution is 2.43. The third-order valence-electron chi connectivity index (χ3n) is 6.49. The zero-order chi connectivity index (χ0) is 21.1. The van der Waals surface area contributed by atoms with Crippen molar-refractivity contribution in [3.8, 4) is 22.5 Å². The van der Waals surface area contributed by atoms with E-state index in [-0.39, 0.29) is 0 Å². The molecule has 1 aliphatic rings. The molecule has 158 valence electrons. The minimum absolute atomic E-state index is 0.390. The molecule has 2 aromatic carbocycles. The summed E-state index contributed by atoms with van der Waals surface area (Å²) < 4.78 is 2.23. The lowest BCUT2D eigenvalue weighted by atomic mass is 9.94. The van der Waals surface area contributed by atoms with Crippen molar-refractivity contribution in [1.29, 1.82) is 0 Å². The Balaban J connectivity index is 1.99. The highest BCUT2D eigenvalue weighted by molar-refractivity contribution is 5.88. The Hall–Kier alpha value is -2.62. The molecule has 30 heavy (non-hydrogen) atoms. The zero-order valence-electron chi connectivity index (χ0n) is 18.8. The molecule has 0 saturated heterocycles. The van der Waals surface area contributed by atoms with Crippen molar-refractivity contribution in [2.45, 2.75) is 78.4 Å². The summed E-state index contributed by atoms with van der Waals surface area (Å²) in [5.74, 6) is 0. The summed E-state index contributed by atoms with van der Waals surface area (Å²) in [5.41, 5.74) is 7.29. The van der Waals surface area contributed by atoms with Gasteiger partial charge in [-0.3, -0.25) is 0 Å². The van der Waals surface area contributed by atoms with Gasteiger partial charge in [-0.25, -0.2) is 4.68 Å². The monoisotopic (exact) mass is 402 g/mol. The van der Waals surface area contributed by atoms with Gasteiger partial charge in [0.25, 0.3) is 0 Å². The molecular formula is C26H34N4. The molecule has 3 aromatic rings. The minimum Gasteiger partial charge on any atom is -0.364 e. The standard InChI is InChI=1S/C26H34N4/c1-5-12-21(13-6-2)30-26-22-15-9-8-14-20(22)18-29(19(4)7-3)24-17-11-10-16-23(24)25(26)27-28-30/h8-11,14-17,19,21H,5-7,12-13,18H2,1-4H3. The van der Waals surface area contributed by atoms with Crippen LogP contribution in [0.4, 0.5) is 5.69 Å². The Labute approximate surface area is 180 Å². The Morgan fingerprint density at radius 2 is 1.57 bits per heavy atom. The number of rotatable bonds is 7. The molecule has 4 nitrogen and oxygen atoms in total. The lowest BCUT2D eigenvalue weighted by Crippen LogP contribution is -2.33. The van der Waals surface area contributed by atoms with Gasteiger partial charge in [-0.05, 0) is 37.8 Å². The van der Waals surface area contributed by atoms with E-state index in [4.69, 9.17) is 10.3 Å². The van der Waals surface area contributed by atoms with E-state index in [1.807, 2.05) is 0 Å². The summed E-state index contributed by atoms with van der Waals surface area (Å²) in [5, 5.41) is 9.54. The van der Waals surface area contributed by atoms with Crippen LogP contribution in [0.2, 0.25) is 0 Å². The predicted molar refractivity (Wildman–Crippen MR) is 126 cm³/mol. The third-order valence-corrected chi connectivity index (χ3v) is 6.49. The van der Waals surface area contributed by atoms with E-state index < -0.39 is 0 Å². The molecule has 0 spiro atoms. The van der Waals surface area contributed by atoms with Gasteiger partial charge >= 0.3 is 0 Å². The van der Waals surface area contributed by atoms with Gasteiger partial charge in [0, 0.05) is 29.4 Å². The van der Waals surface area contributed by atoms with Gasteiger partial charge in [0.05, 0.1) is 11.7 Å². The lowest BCUT2D eigenvalue weighted by Gasteiger charge is -2.34. The number of aromatic nitrogens is 3. The van der Waals surface area contributed by atoms with E-state index in [9.17, 15) is 0 Å². The largest absolute Gasteiger partial charge is 0.364 e. The molecule has 0 radical (unpaired) electrons. The van der Waals surface area contributed by atoms with E-state index in [2.05, 4.69) is 85.8 Å². The number of para-hydroxylation sites is 1. The number of fused-ring (bicyclic) bond motifs is 5. The predicted octanol–water partition coefficient (Wildman–Crippen LogP) is 6.87. The first-order chi connectivity index (χ1) is 14.7. The summed E-state index contributed by atoms with van der Waals surface area (Å²) in [6.45, 7) is 10.0. The number of benzene rings is 2. The summed E-state index contributed by atoms with van der Waals surface area (Å²) in [4.78, 5) is 2.53. The van der Waals surface area contributed by atoms with Crippen LogP contribution in [0.25, 0.3) is 22.5 Å². The maximum Gasteiger partial charge on any atom is 0.123 e. The van der Waals surface area contributed by atoms with E-state index in [1.54, 1.807) is 0 Å². The topological polar surface area (TPSA) is 34.0 Å². The molecular weight excluding hydrogens is 368 g/mol. The summed E-state index contributed by atoms with van der Waals surface area (Å²) >= 11 is 0. The Morgan fingerprint density at radius 1 is 0.900 bits per heavy atom. The quantitative estimate of drug-likeness (QED) is 0.432. The van der Waals surface area contributed by atoms with Crippen LogP contribution in [0.3, 0.4) is 0 Å². The summed E-state index contributed by atoms with van der Waals surface area (Å²) in [7, 11) is 0. The van der Waals surface area contributed by atoms with Crippen LogP contribution < -0.4 is 4.90 Å². The van der Waals surface area contributed by atoms with Gasteiger partial charge in [-0.1, -0.05) is 81.3 Å². The molecule has 1 atom stereocenters. The van der Waals surface area contributed by atoms with Gasteiger partial charge in [-0.15, -0.1) is 5.10 Å². The molecule has 1 unspecified atom stereocenters. The lowest BCUT2D eigenvalue weighted by molar-refractivity contribution is 0.387. The maximum atomic E-state index is 4.79. The molecule has 0 N–H and O–H groups in total. The first-order valence-corrected chi connectivity index (χ1v) is 11.6. The SMILES string of the molecule is CCCC(CCC)n1nnc2c1-c1ccccc1CN(C(C)CC)c1ccccc1-2. The smallest absolute Gasteiger partial charge is 0.123 e. The molecule has 0 saturated carbocycles.